The van der Waals surface area contributed by atoms with Gasteiger partial charge in [-0.05, 0) is 19.3 Å². The number of hydrogen-bond acceptors (Lipinski definition) is 2. The first-order chi connectivity index (χ1) is 6.36. The number of thiazole rings is 1. The summed E-state index contributed by atoms with van der Waals surface area (Å²) in [6.07, 6.45) is 7.47. The van der Waals surface area contributed by atoms with Crippen LogP contribution in [-0.4, -0.2) is 4.98 Å². The summed E-state index contributed by atoms with van der Waals surface area (Å²) < 4.78 is 0. The monoisotopic (exact) mass is 197 g/mol. The standard InChI is InChI=1S/C11H19NS/c1-3-5-6-8-11-12-10(7-4-2)9-13-11/h9H,3-8H2,1-2H3. The highest BCUT2D eigenvalue weighted by atomic mass is 32.1. The van der Waals surface area contributed by atoms with E-state index in [2.05, 4.69) is 24.2 Å². The van der Waals surface area contributed by atoms with E-state index in [0.29, 0.717) is 0 Å². The average Bonchev–Trinajstić information content (AvgIpc) is 2.54. The van der Waals surface area contributed by atoms with Crippen LogP contribution in [-0.2, 0) is 12.8 Å². The van der Waals surface area contributed by atoms with E-state index in [0.717, 1.165) is 6.42 Å². The second kappa shape index (κ2) is 6.14. The molecule has 0 aromatic carbocycles. The van der Waals surface area contributed by atoms with Gasteiger partial charge < -0.3 is 0 Å². The van der Waals surface area contributed by atoms with Crippen LogP contribution in [0.5, 0.6) is 0 Å². The molecule has 0 atom stereocenters. The van der Waals surface area contributed by atoms with Crippen molar-refractivity contribution in [3.8, 4) is 0 Å². The topological polar surface area (TPSA) is 12.9 Å². The zero-order valence-corrected chi connectivity index (χ0v) is 9.49. The highest BCUT2D eigenvalue weighted by molar-refractivity contribution is 7.09. The smallest absolute Gasteiger partial charge is 0.0928 e. The van der Waals surface area contributed by atoms with Gasteiger partial charge in [-0.3, -0.25) is 0 Å². The third kappa shape index (κ3) is 3.90. The van der Waals surface area contributed by atoms with Crippen LogP contribution in [0.15, 0.2) is 5.38 Å². The number of hydrogen-bond donors (Lipinski definition) is 0. The molecular weight excluding hydrogens is 178 g/mol. The lowest BCUT2D eigenvalue weighted by molar-refractivity contribution is 0.712. The number of aromatic nitrogens is 1. The lowest BCUT2D eigenvalue weighted by Crippen LogP contribution is -1.87. The first-order valence-electron chi connectivity index (χ1n) is 5.30. The fraction of sp³-hybridized carbons (Fsp3) is 0.727. The summed E-state index contributed by atoms with van der Waals surface area (Å²) in [4.78, 5) is 4.59. The molecule has 1 aromatic rings. The van der Waals surface area contributed by atoms with E-state index < -0.39 is 0 Å². The Hall–Kier alpha value is -0.370. The predicted octanol–water partition coefficient (Wildman–Crippen LogP) is 3.83. The summed E-state index contributed by atoms with van der Waals surface area (Å²) in [5.41, 5.74) is 1.29. The van der Waals surface area contributed by atoms with Crippen molar-refractivity contribution in [2.24, 2.45) is 0 Å². The second-order valence-electron chi connectivity index (χ2n) is 3.44. The molecule has 1 rings (SSSR count). The van der Waals surface area contributed by atoms with Crippen LogP contribution >= 0.6 is 11.3 Å². The van der Waals surface area contributed by atoms with E-state index >= 15 is 0 Å². The molecule has 1 heterocycles. The Labute approximate surface area is 85.2 Å². The van der Waals surface area contributed by atoms with Crippen LogP contribution < -0.4 is 0 Å². The van der Waals surface area contributed by atoms with Gasteiger partial charge >= 0.3 is 0 Å². The minimum absolute atomic E-state index is 1.14. The van der Waals surface area contributed by atoms with Gasteiger partial charge in [0.1, 0.15) is 0 Å². The van der Waals surface area contributed by atoms with Gasteiger partial charge in [0, 0.05) is 5.38 Å². The molecule has 13 heavy (non-hydrogen) atoms. The lowest BCUT2D eigenvalue weighted by Gasteiger charge is -1.94. The summed E-state index contributed by atoms with van der Waals surface area (Å²) in [7, 11) is 0. The normalized spacial score (nSPS) is 10.6. The summed E-state index contributed by atoms with van der Waals surface area (Å²) in [6, 6.07) is 0. The predicted molar refractivity (Wildman–Crippen MR) is 59.3 cm³/mol. The Balaban J connectivity index is 2.31. The van der Waals surface area contributed by atoms with Crippen LogP contribution in [0.3, 0.4) is 0 Å². The van der Waals surface area contributed by atoms with Crippen LogP contribution in [0, 0.1) is 0 Å². The maximum atomic E-state index is 4.59. The first kappa shape index (κ1) is 10.7. The van der Waals surface area contributed by atoms with Crippen molar-refractivity contribution in [1.82, 2.24) is 4.98 Å². The third-order valence-corrected chi connectivity index (χ3v) is 3.06. The molecule has 0 radical (unpaired) electrons. The maximum absolute atomic E-state index is 4.59. The van der Waals surface area contributed by atoms with Crippen LogP contribution in [0.25, 0.3) is 0 Å². The molecule has 0 saturated heterocycles. The van der Waals surface area contributed by atoms with E-state index in [1.54, 1.807) is 0 Å². The maximum Gasteiger partial charge on any atom is 0.0928 e. The van der Waals surface area contributed by atoms with Crippen LogP contribution in [0.4, 0.5) is 0 Å². The highest BCUT2D eigenvalue weighted by Crippen LogP contribution is 2.14. The highest BCUT2D eigenvalue weighted by Gasteiger charge is 2.00. The zero-order chi connectivity index (χ0) is 9.52. The molecule has 0 saturated carbocycles. The quantitative estimate of drug-likeness (QED) is 0.632. The van der Waals surface area contributed by atoms with Gasteiger partial charge in [-0.25, -0.2) is 4.98 Å². The fourth-order valence-corrected chi connectivity index (χ4v) is 2.24. The largest absolute Gasteiger partial charge is 0.246 e. The van der Waals surface area contributed by atoms with E-state index in [9.17, 15) is 0 Å². The molecule has 74 valence electrons. The van der Waals surface area contributed by atoms with Gasteiger partial charge in [0.2, 0.25) is 0 Å². The number of nitrogens with zero attached hydrogens (tertiary/aromatic N) is 1. The van der Waals surface area contributed by atoms with E-state index in [-0.39, 0.29) is 0 Å². The molecule has 1 aromatic heterocycles. The van der Waals surface area contributed by atoms with E-state index in [4.69, 9.17) is 0 Å². The number of unbranched alkanes of at least 4 members (excludes halogenated alkanes) is 2. The van der Waals surface area contributed by atoms with Crippen molar-refractivity contribution in [2.75, 3.05) is 0 Å². The van der Waals surface area contributed by atoms with Gasteiger partial charge in [0.15, 0.2) is 0 Å². The van der Waals surface area contributed by atoms with E-state index in [1.807, 2.05) is 11.3 Å². The summed E-state index contributed by atoms with van der Waals surface area (Å²) in [5.74, 6) is 0. The molecule has 0 bridgehead atoms. The lowest BCUT2D eigenvalue weighted by atomic mass is 10.2. The van der Waals surface area contributed by atoms with Crippen molar-refractivity contribution in [3.05, 3.63) is 16.1 Å². The molecule has 2 heteroatoms. The Kier molecular flexibility index (Phi) is 5.06. The summed E-state index contributed by atoms with van der Waals surface area (Å²) in [6.45, 7) is 4.44. The van der Waals surface area contributed by atoms with Crippen molar-refractivity contribution >= 4 is 11.3 Å². The van der Waals surface area contributed by atoms with Crippen LogP contribution in [0.1, 0.15) is 50.2 Å². The molecule has 0 N–H and O–H groups in total. The van der Waals surface area contributed by atoms with E-state index in [1.165, 1.54) is 42.8 Å². The fourth-order valence-electron chi connectivity index (χ4n) is 1.36. The minimum Gasteiger partial charge on any atom is -0.246 e. The van der Waals surface area contributed by atoms with Gasteiger partial charge in [0.05, 0.1) is 10.7 Å². The molecule has 0 spiro atoms. The molecule has 0 amide bonds. The third-order valence-electron chi connectivity index (χ3n) is 2.10. The van der Waals surface area contributed by atoms with Gasteiger partial charge in [-0.2, -0.15) is 0 Å². The van der Waals surface area contributed by atoms with Crippen molar-refractivity contribution in [3.63, 3.8) is 0 Å². The molecule has 0 fully saturated rings. The Bertz CT molecular complexity index is 230. The molecule has 1 nitrogen and oxygen atoms in total. The Morgan fingerprint density at radius 2 is 2.00 bits per heavy atom. The van der Waals surface area contributed by atoms with Gasteiger partial charge in [0.25, 0.3) is 0 Å². The number of rotatable bonds is 6. The molecule has 0 aliphatic heterocycles. The van der Waals surface area contributed by atoms with Crippen molar-refractivity contribution in [2.45, 2.75) is 52.4 Å². The SMILES string of the molecule is CCCCCc1nc(CCC)cs1. The first-order valence-corrected chi connectivity index (χ1v) is 6.18. The van der Waals surface area contributed by atoms with Gasteiger partial charge in [-0.15, -0.1) is 11.3 Å². The van der Waals surface area contributed by atoms with Crippen molar-refractivity contribution < 1.29 is 0 Å². The zero-order valence-electron chi connectivity index (χ0n) is 8.68. The molecule has 0 aliphatic carbocycles. The average molecular weight is 197 g/mol. The molecule has 0 aliphatic rings. The van der Waals surface area contributed by atoms with Gasteiger partial charge in [-0.1, -0.05) is 33.1 Å². The minimum atomic E-state index is 1.14. The van der Waals surface area contributed by atoms with Crippen LogP contribution in [0.2, 0.25) is 0 Å². The number of aryl methyl sites for hydroxylation is 2. The molecular formula is C11H19NS. The summed E-state index contributed by atoms with van der Waals surface area (Å²) >= 11 is 1.83. The molecule has 0 unspecified atom stereocenters. The van der Waals surface area contributed by atoms with Crippen molar-refractivity contribution in [1.29, 1.82) is 0 Å². The summed E-state index contributed by atoms with van der Waals surface area (Å²) in [5, 5.41) is 3.54. The Morgan fingerprint density at radius 1 is 1.15 bits per heavy atom. The Morgan fingerprint density at radius 3 is 2.69 bits per heavy atom. The second-order valence-corrected chi connectivity index (χ2v) is 4.38.